The highest BCUT2D eigenvalue weighted by Gasteiger charge is 2.07. The number of benzene rings is 1. The van der Waals surface area contributed by atoms with Crippen LogP contribution in [0.4, 0.5) is 0 Å². The molecular formula is C11H8N2O4. The van der Waals surface area contributed by atoms with Crippen molar-refractivity contribution in [3.8, 4) is 11.1 Å². The second-order valence-electron chi connectivity index (χ2n) is 3.37. The van der Waals surface area contributed by atoms with E-state index < -0.39 is 17.2 Å². The molecule has 0 spiro atoms. The maximum absolute atomic E-state index is 11.5. The third-order valence-corrected chi connectivity index (χ3v) is 2.24. The van der Waals surface area contributed by atoms with Gasteiger partial charge in [0.05, 0.1) is 11.1 Å². The lowest BCUT2D eigenvalue weighted by Gasteiger charge is -2.01. The van der Waals surface area contributed by atoms with Gasteiger partial charge in [-0.2, -0.15) is 0 Å². The molecule has 0 saturated heterocycles. The van der Waals surface area contributed by atoms with Gasteiger partial charge < -0.3 is 10.1 Å². The zero-order valence-corrected chi connectivity index (χ0v) is 8.56. The molecule has 0 amide bonds. The van der Waals surface area contributed by atoms with Crippen LogP contribution in [0, 0.1) is 0 Å². The summed E-state index contributed by atoms with van der Waals surface area (Å²) in [7, 11) is 0. The summed E-state index contributed by atoms with van der Waals surface area (Å²) in [6.45, 7) is 0. The SMILES string of the molecule is O=C(O)c1cccc(-c2c[nH]c(=O)[nH]c2=O)c1. The predicted octanol–water partition coefficient (Wildman–Crippen LogP) is 0.428. The van der Waals surface area contributed by atoms with Crippen LogP contribution in [-0.4, -0.2) is 21.0 Å². The van der Waals surface area contributed by atoms with Gasteiger partial charge in [0.1, 0.15) is 0 Å². The number of carboxylic acid groups (broad SMARTS) is 1. The number of hydrogen-bond acceptors (Lipinski definition) is 3. The Morgan fingerprint density at radius 1 is 1.24 bits per heavy atom. The molecule has 0 saturated carbocycles. The van der Waals surface area contributed by atoms with E-state index in [2.05, 4.69) is 9.97 Å². The molecule has 0 radical (unpaired) electrons. The summed E-state index contributed by atoms with van der Waals surface area (Å²) < 4.78 is 0. The second kappa shape index (κ2) is 4.09. The molecular weight excluding hydrogens is 224 g/mol. The molecule has 1 aromatic carbocycles. The Labute approximate surface area is 94.6 Å². The highest BCUT2D eigenvalue weighted by molar-refractivity contribution is 5.89. The molecule has 0 bridgehead atoms. The molecule has 86 valence electrons. The molecule has 17 heavy (non-hydrogen) atoms. The average molecular weight is 232 g/mol. The third kappa shape index (κ3) is 2.15. The minimum absolute atomic E-state index is 0.0769. The van der Waals surface area contributed by atoms with Crippen LogP contribution < -0.4 is 11.2 Å². The maximum atomic E-state index is 11.5. The molecule has 0 aliphatic heterocycles. The highest BCUT2D eigenvalue weighted by atomic mass is 16.4. The third-order valence-electron chi connectivity index (χ3n) is 2.24. The van der Waals surface area contributed by atoms with E-state index in [4.69, 9.17) is 5.11 Å². The lowest BCUT2D eigenvalue weighted by molar-refractivity contribution is 0.0697. The molecule has 1 heterocycles. The maximum Gasteiger partial charge on any atom is 0.335 e. The van der Waals surface area contributed by atoms with Crippen LogP contribution in [0.15, 0.2) is 40.1 Å². The van der Waals surface area contributed by atoms with E-state index in [9.17, 15) is 14.4 Å². The standard InChI is InChI=1S/C11H8N2O4/c14-9-8(5-12-11(17)13-9)6-2-1-3-7(4-6)10(15)16/h1-5H,(H,15,16)(H2,12,13,14,17). The van der Waals surface area contributed by atoms with E-state index >= 15 is 0 Å². The molecule has 2 rings (SSSR count). The lowest BCUT2D eigenvalue weighted by atomic mass is 10.1. The number of nitrogens with one attached hydrogen (secondary N) is 2. The van der Waals surface area contributed by atoms with E-state index in [0.717, 1.165) is 0 Å². The van der Waals surface area contributed by atoms with Gasteiger partial charge in [0, 0.05) is 6.20 Å². The van der Waals surface area contributed by atoms with Crippen molar-refractivity contribution < 1.29 is 9.90 Å². The van der Waals surface area contributed by atoms with Crippen molar-refractivity contribution in [2.45, 2.75) is 0 Å². The first-order chi connectivity index (χ1) is 8.08. The molecule has 6 nitrogen and oxygen atoms in total. The van der Waals surface area contributed by atoms with Gasteiger partial charge >= 0.3 is 11.7 Å². The zero-order valence-electron chi connectivity index (χ0n) is 8.56. The van der Waals surface area contributed by atoms with Gasteiger partial charge in [-0.3, -0.25) is 9.78 Å². The predicted molar refractivity (Wildman–Crippen MR) is 60.1 cm³/mol. The van der Waals surface area contributed by atoms with Gasteiger partial charge in [0.2, 0.25) is 0 Å². The van der Waals surface area contributed by atoms with Crippen molar-refractivity contribution >= 4 is 5.97 Å². The van der Waals surface area contributed by atoms with Crippen LogP contribution >= 0.6 is 0 Å². The first-order valence-corrected chi connectivity index (χ1v) is 4.73. The van der Waals surface area contributed by atoms with Crippen LogP contribution in [0.2, 0.25) is 0 Å². The number of rotatable bonds is 2. The van der Waals surface area contributed by atoms with E-state index in [0.29, 0.717) is 5.56 Å². The van der Waals surface area contributed by atoms with Crippen molar-refractivity contribution in [2.24, 2.45) is 0 Å². The fourth-order valence-electron chi connectivity index (χ4n) is 1.44. The normalized spacial score (nSPS) is 10.1. The Morgan fingerprint density at radius 2 is 2.00 bits per heavy atom. The van der Waals surface area contributed by atoms with E-state index in [1.165, 1.54) is 24.4 Å². The van der Waals surface area contributed by atoms with Crippen molar-refractivity contribution in [3.05, 3.63) is 56.9 Å². The van der Waals surface area contributed by atoms with Gasteiger partial charge in [-0.25, -0.2) is 9.59 Å². The summed E-state index contributed by atoms with van der Waals surface area (Å²) in [5, 5.41) is 8.83. The minimum Gasteiger partial charge on any atom is -0.478 e. The molecule has 3 N–H and O–H groups in total. The summed E-state index contributed by atoms with van der Waals surface area (Å²) in [5.41, 5.74) is -0.437. The lowest BCUT2D eigenvalue weighted by Crippen LogP contribution is -2.22. The first kappa shape index (κ1) is 10.9. The molecule has 1 aromatic heterocycles. The molecule has 2 aromatic rings. The first-order valence-electron chi connectivity index (χ1n) is 4.73. The van der Waals surface area contributed by atoms with E-state index in [1.54, 1.807) is 6.07 Å². The summed E-state index contributed by atoms with van der Waals surface area (Å²) >= 11 is 0. The summed E-state index contributed by atoms with van der Waals surface area (Å²) in [5.74, 6) is -1.08. The van der Waals surface area contributed by atoms with Gasteiger partial charge in [-0.05, 0) is 17.7 Å². The number of carboxylic acids is 1. The largest absolute Gasteiger partial charge is 0.478 e. The van der Waals surface area contributed by atoms with Crippen molar-refractivity contribution in [2.75, 3.05) is 0 Å². The van der Waals surface area contributed by atoms with Crippen molar-refractivity contribution in [3.63, 3.8) is 0 Å². The fourth-order valence-corrected chi connectivity index (χ4v) is 1.44. The summed E-state index contributed by atoms with van der Waals surface area (Å²) in [6, 6.07) is 5.91. The summed E-state index contributed by atoms with van der Waals surface area (Å²) in [4.78, 5) is 37.5. The molecule has 0 aliphatic rings. The van der Waals surface area contributed by atoms with E-state index in [-0.39, 0.29) is 11.1 Å². The Balaban J connectivity index is 2.61. The van der Waals surface area contributed by atoms with Crippen molar-refractivity contribution in [1.29, 1.82) is 0 Å². The van der Waals surface area contributed by atoms with Crippen LogP contribution in [-0.2, 0) is 0 Å². The number of aromatic nitrogens is 2. The van der Waals surface area contributed by atoms with Gasteiger partial charge in [-0.15, -0.1) is 0 Å². The van der Waals surface area contributed by atoms with Crippen LogP contribution in [0.5, 0.6) is 0 Å². The number of H-pyrrole nitrogens is 2. The Bertz CT molecular complexity index is 684. The fraction of sp³-hybridized carbons (Fsp3) is 0. The molecule has 0 atom stereocenters. The zero-order chi connectivity index (χ0) is 12.4. The molecule has 0 aliphatic carbocycles. The van der Waals surface area contributed by atoms with Crippen molar-refractivity contribution in [1.82, 2.24) is 9.97 Å². The van der Waals surface area contributed by atoms with Gasteiger partial charge in [0.15, 0.2) is 0 Å². The van der Waals surface area contributed by atoms with Crippen LogP contribution in [0.3, 0.4) is 0 Å². The topological polar surface area (TPSA) is 103 Å². The minimum atomic E-state index is -1.08. The van der Waals surface area contributed by atoms with Gasteiger partial charge in [-0.1, -0.05) is 12.1 Å². The molecule has 0 fully saturated rings. The Morgan fingerprint density at radius 3 is 2.65 bits per heavy atom. The summed E-state index contributed by atoms with van der Waals surface area (Å²) in [6.07, 6.45) is 1.25. The molecule has 0 unspecified atom stereocenters. The quantitative estimate of drug-likeness (QED) is 0.698. The number of aromatic carboxylic acids is 1. The van der Waals surface area contributed by atoms with Crippen LogP contribution in [0.1, 0.15) is 10.4 Å². The average Bonchev–Trinajstić information content (AvgIpc) is 2.29. The number of hydrogen-bond donors (Lipinski definition) is 3. The highest BCUT2D eigenvalue weighted by Crippen LogP contribution is 2.15. The smallest absolute Gasteiger partial charge is 0.335 e. The van der Waals surface area contributed by atoms with Gasteiger partial charge in [0.25, 0.3) is 5.56 Å². The Kier molecular flexibility index (Phi) is 2.61. The number of carbonyl (C=O) groups is 1. The second-order valence-corrected chi connectivity index (χ2v) is 3.37. The molecule has 6 heteroatoms. The van der Waals surface area contributed by atoms with E-state index in [1.807, 2.05) is 0 Å². The van der Waals surface area contributed by atoms with Crippen LogP contribution in [0.25, 0.3) is 11.1 Å². The Hall–Kier alpha value is -2.63. The monoisotopic (exact) mass is 232 g/mol. The number of aromatic amines is 2.